The highest BCUT2D eigenvalue weighted by atomic mass is 79.9. The lowest BCUT2D eigenvalue weighted by atomic mass is 10.1. The fourth-order valence-corrected chi connectivity index (χ4v) is 1.70. The third-order valence-corrected chi connectivity index (χ3v) is 2.75. The van der Waals surface area contributed by atoms with Gasteiger partial charge in [-0.2, -0.15) is 0 Å². The average molecular weight is 289 g/mol. The zero-order valence-electron chi connectivity index (χ0n) is 9.33. The van der Waals surface area contributed by atoms with E-state index in [1.165, 1.54) is 0 Å². The van der Waals surface area contributed by atoms with Crippen LogP contribution >= 0.6 is 15.9 Å². The Hall–Kier alpha value is -0.810. The van der Waals surface area contributed by atoms with Crippen molar-refractivity contribution < 1.29 is 9.21 Å². The van der Waals surface area contributed by atoms with Crippen LogP contribution in [-0.4, -0.2) is 18.5 Å². The predicted molar refractivity (Wildman–Crippen MR) is 66.2 cm³/mol. The Morgan fingerprint density at radius 1 is 1.62 bits per heavy atom. The summed E-state index contributed by atoms with van der Waals surface area (Å²) in [7, 11) is 0. The molecule has 4 nitrogen and oxygen atoms in total. The second-order valence-electron chi connectivity index (χ2n) is 3.65. The van der Waals surface area contributed by atoms with Gasteiger partial charge in [0.2, 0.25) is 0 Å². The SMILES string of the molecule is CCCCC(CN)NC(=O)c1ccc(Br)o1. The first-order valence-electron chi connectivity index (χ1n) is 5.43. The largest absolute Gasteiger partial charge is 0.444 e. The van der Waals surface area contributed by atoms with E-state index in [9.17, 15) is 4.79 Å². The molecule has 1 rings (SSSR count). The molecule has 0 radical (unpaired) electrons. The van der Waals surface area contributed by atoms with Gasteiger partial charge >= 0.3 is 0 Å². The van der Waals surface area contributed by atoms with Crippen LogP contribution in [0.25, 0.3) is 0 Å². The minimum absolute atomic E-state index is 0.0244. The lowest BCUT2D eigenvalue weighted by Crippen LogP contribution is -2.40. The summed E-state index contributed by atoms with van der Waals surface area (Å²) in [5, 5.41) is 2.85. The zero-order valence-corrected chi connectivity index (χ0v) is 10.9. The van der Waals surface area contributed by atoms with Crippen molar-refractivity contribution in [3.63, 3.8) is 0 Å². The van der Waals surface area contributed by atoms with Crippen LogP contribution in [0.2, 0.25) is 0 Å². The Bertz CT molecular complexity index is 338. The van der Waals surface area contributed by atoms with E-state index in [4.69, 9.17) is 10.2 Å². The molecule has 1 aromatic rings. The Morgan fingerprint density at radius 3 is 2.88 bits per heavy atom. The summed E-state index contributed by atoms with van der Waals surface area (Å²) in [5.41, 5.74) is 5.59. The zero-order chi connectivity index (χ0) is 12.0. The molecule has 0 saturated heterocycles. The van der Waals surface area contributed by atoms with E-state index in [0.29, 0.717) is 17.0 Å². The summed E-state index contributed by atoms with van der Waals surface area (Å²) in [5.74, 6) is 0.0964. The highest BCUT2D eigenvalue weighted by Gasteiger charge is 2.14. The maximum atomic E-state index is 11.7. The molecule has 1 unspecified atom stereocenters. The van der Waals surface area contributed by atoms with Crippen molar-refractivity contribution in [1.29, 1.82) is 0 Å². The molecule has 1 heterocycles. The number of rotatable bonds is 6. The van der Waals surface area contributed by atoms with Crippen molar-refractivity contribution in [2.75, 3.05) is 6.54 Å². The van der Waals surface area contributed by atoms with Gasteiger partial charge in [-0.15, -0.1) is 0 Å². The van der Waals surface area contributed by atoms with Crippen LogP contribution in [0.3, 0.4) is 0 Å². The van der Waals surface area contributed by atoms with Crippen molar-refractivity contribution in [3.8, 4) is 0 Å². The fourth-order valence-electron chi connectivity index (χ4n) is 1.39. The molecule has 0 fully saturated rings. The molecule has 1 aromatic heterocycles. The van der Waals surface area contributed by atoms with Crippen LogP contribution in [0.15, 0.2) is 21.2 Å². The molecule has 1 atom stereocenters. The maximum Gasteiger partial charge on any atom is 0.287 e. The van der Waals surface area contributed by atoms with E-state index in [1.807, 2.05) is 0 Å². The Labute approximate surface area is 104 Å². The lowest BCUT2D eigenvalue weighted by Gasteiger charge is -2.15. The van der Waals surface area contributed by atoms with Gasteiger partial charge in [-0.3, -0.25) is 4.79 Å². The summed E-state index contributed by atoms with van der Waals surface area (Å²) < 4.78 is 5.71. The highest BCUT2D eigenvalue weighted by molar-refractivity contribution is 9.10. The van der Waals surface area contributed by atoms with Crippen molar-refractivity contribution in [2.45, 2.75) is 32.2 Å². The Kier molecular flexibility index (Phi) is 5.55. The summed E-state index contributed by atoms with van der Waals surface area (Å²) in [6, 6.07) is 3.35. The number of nitrogens with two attached hydrogens (primary N) is 1. The van der Waals surface area contributed by atoms with Gasteiger partial charge in [-0.25, -0.2) is 0 Å². The Balaban J connectivity index is 2.48. The molecule has 0 aromatic carbocycles. The second kappa shape index (κ2) is 6.70. The predicted octanol–water partition coefficient (Wildman–Crippen LogP) is 2.29. The number of unbranched alkanes of at least 4 members (excludes halogenated alkanes) is 1. The van der Waals surface area contributed by atoms with Gasteiger partial charge in [0, 0.05) is 12.6 Å². The first-order valence-corrected chi connectivity index (χ1v) is 6.23. The third-order valence-electron chi connectivity index (χ3n) is 2.32. The number of furan rings is 1. The minimum atomic E-state index is -0.211. The molecule has 0 spiro atoms. The van der Waals surface area contributed by atoms with E-state index in [0.717, 1.165) is 19.3 Å². The van der Waals surface area contributed by atoms with E-state index in [1.54, 1.807) is 12.1 Å². The summed E-state index contributed by atoms with van der Waals surface area (Å²) in [6.45, 7) is 2.56. The summed E-state index contributed by atoms with van der Waals surface area (Å²) in [6.07, 6.45) is 3.06. The van der Waals surface area contributed by atoms with Crippen molar-refractivity contribution >= 4 is 21.8 Å². The second-order valence-corrected chi connectivity index (χ2v) is 4.43. The van der Waals surface area contributed by atoms with Crippen LogP contribution in [0.5, 0.6) is 0 Å². The van der Waals surface area contributed by atoms with Crippen LogP contribution in [0, 0.1) is 0 Å². The van der Waals surface area contributed by atoms with E-state index < -0.39 is 0 Å². The maximum absolute atomic E-state index is 11.7. The minimum Gasteiger partial charge on any atom is -0.444 e. The number of amides is 1. The molecule has 0 aliphatic heterocycles. The first-order chi connectivity index (χ1) is 7.67. The van der Waals surface area contributed by atoms with Gasteiger partial charge in [0.05, 0.1) is 0 Å². The lowest BCUT2D eigenvalue weighted by molar-refractivity contribution is 0.0906. The highest BCUT2D eigenvalue weighted by Crippen LogP contribution is 2.14. The summed E-state index contributed by atoms with van der Waals surface area (Å²) >= 11 is 3.15. The molecular formula is C11H17BrN2O2. The first kappa shape index (κ1) is 13.3. The number of nitrogens with one attached hydrogen (secondary N) is 1. The molecular weight excluding hydrogens is 272 g/mol. The van der Waals surface area contributed by atoms with E-state index in [-0.39, 0.29) is 11.9 Å². The van der Waals surface area contributed by atoms with Crippen LogP contribution in [0.4, 0.5) is 0 Å². The molecule has 16 heavy (non-hydrogen) atoms. The number of carbonyl (C=O) groups is 1. The van der Waals surface area contributed by atoms with Crippen LogP contribution in [0.1, 0.15) is 36.7 Å². The molecule has 90 valence electrons. The topological polar surface area (TPSA) is 68.3 Å². The number of halogens is 1. The number of hydrogen-bond acceptors (Lipinski definition) is 3. The van der Waals surface area contributed by atoms with Gasteiger partial charge in [0.1, 0.15) is 0 Å². The molecule has 3 N–H and O–H groups in total. The average Bonchev–Trinajstić information content (AvgIpc) is 2.70. The molecule has 0 aliphatic rings. The number of carbonyl (C=O) groups excluding carboxylic acids is 1. The van der Waals surface area contributed by atoms with Crippen molar-refractivity contribution in [1.82, 2.24) is 5.32 Å². The van der Waals surface area contributed by atoms with Crippen molar-refractivity contribution in [3.05, 3.63) is 22.6 Å². The molecule has 0 aliphatic carbocycles. The van der Waals surface area contributed by atoms with Crippen LogP contribution < -0.4 is 11.1 Å². The standard InChI is InChI=1S/C11H17BrN2O2/c1-2-3-4-8(7-13)14-11(15)9-5-6-10(12)16-9/h5-6,8H,2-4,7,13H2,1H3,(H,14,15). The number of hydrogen-bond donors (Lipinski definition) is 2. The van der Waals surface area contributed by atoms with Crippen molar-refractivity contribution in [2.24, 2.45) is 5.73 Å². The van der Waals surface area contributed by atoms with Gasteiger partial charge in [0.15, 0.2) is 10.4 Å². The molecule has 0 bridgehead atoms. The van der Waals surface area contributed by atoms with Gasteiger partial charge in [-0.05, 0) is 34.5 Å². The van der Waals surface area contributed by atoms with E-state index >= 15 is 0 Å². The molecule has 1 amide bonds. The van der Waals surface area contributed by atoms with Gasteiger partial charge < -0.3 is 15.5 Å². The Morgan fingerprint density at radius 2 is 2.38 bits per heavy atom. The normalized spacial score (nSPS) is 12.4. The van der Waals surface area contributed by atoms with E-state index in [2.05, 4.69) is 28.2 Å². The quantitative estimate of drug-likeness (QED) is 0.844. The summed E-state index contributed by atoms with van der Waals surface area (Å²) in [4.78, 5) is 11.7. The van der Waals surface area contributed by atoms with Gasteiger partial charge in [-0.1, -0.05) is 19.8 Å². The molecule has 0 saturated carbocycles. The third kappa shape index (κ3) is 3.98. The smallest absolute Gasteiger partial charge is 0.287 e. The molecule has 5 heteroatoms. The monoisotopic (exact) mass is 288 g/mol. The fraction of sp³-hybridized carbons (Fsp3) is 0.545. The van der Waals surface area contributed by atoms with Crippen LogP contribution in [-0.2, 0) is 0 Å². The van der Waals surface area contributed by atoms with Gasteiger partial charge in [0.25, 0.3) is 5.91 Å².